The van der Waals surface area contributed by atoms with Crippen molar-refractivity contribution in [1.29, 1.82) is 0 Å². The van der Waals surface area contributed by atoms with E-state index in [0.29, 0.717) is 0 Å². The molecule has 0 bridgehead atoms. The van der Waals surface area contributed by atoms with Gasteiger partial charge in [-0.15, -0.1) is 0 Å². The van der Waals surface area contributed by atoms with Crippen LogP contribution < -0.4 is 9.30 Å². The molecule has 0 fully saturated rings. The van der Waals surface area contributed by atoms with E-state index in [2.05, 4.69) is 231 Å². The largest absolute Gasteiger partial charge is 0.458 e. The van der Waals surface area contributed by atoms with Crippen molar-refractivity contribution in [2.45, 2.75) is 105 Å². The molecule has 0 unspecified atom stereocenters. The molecule has 300 valence electrons. The summed E-state index contributed by atoms with van der Waals surface area (Å²) in [7, 11) is 0. The molecule has 0 atom stereocenters. The summed E-state index contributed by atoms with van der Waals surface area (Å²) < 4.78 is 13.6. The van der Waals surface area contributed by atoms with Gasteiger partial charge >= 0.3 is 0 Å². The Morgan fingerprint density at radius 3 is 1.93 bits per heavy atom. The van der Waals surface area contributed by atoms with E-state index in [1.807, 2.05) is 6.20 Å². The van der Waals surface area contributed by atoms with Gasteiger partial charge in [0, 0.05) is 29.2 Å². The third-order valence-electron chi connectivity index (χ3n) is 11.4. The second-order valence-electron chi connectivity index (χ2n) is 20.2. The highest BCUT2D eigenvalue weighted by Gasteiger charge is 2.25. The highest BCUT2D eigenvalue weighted by Crippen LogP contribution is 2.39. The first kappa shape index (κ1) is 39.9. The number of ether oxygens (including phenoxy) is 1. The molecule has 0 saturated carbocycles. The fraction of sp³-hybridized carbons (Fsp3) is 0.296. The molecule has 0 N–H and O–H groups in total. The second kappa shape index (κ2) is 14.4. The first-order valence-corrected chi connectivity index (χ1v) is 20.9. The quantitative estimate of drug-likeness (QED) is 0.124. The van der Waals surface area contributed by atoms with Gasteiger partial charge in [-0.2, -0.15) is 0 Å². The number of imidazole rings is 1. The minimum Gasteiger partial charge on any atom is -0.458 e. The maximum atomic E-state index is 6.94. The molecule has 8 aromatic rings. The molecule has 5 nitrogen and oxygen atoms in total. The Hall–Kier alpha value is -5.94. The third kappa shape index (κ3) is 7.96. The molecule has 59 heavy (non-hydrogen) atoms. The van der Waals surface area contributed by atoms with Crippen LogP contribution in [0.3, 0.4) is 0 Å². The Kier molecular flexibility index (Phi) is 9.74. The van der Waals surface area contributed by atoms with Crippen LogP contribution in [0, 0.1) is 6.33 Å². The van der Waals surface area contributed by atoms with E-state index >= 15 is 0 Å². The normalized spacial score (nSPS) is 12.7. The van der Waals surface area contributed by atoms with Crippen LogP contribution in [0.1, 0.15) is 105 Å². The summed E-state index contributed by atoms with van der Waals surface area (Å²) in [5.41, 5.74) is 11.2. The molecule has 5 heteroatoms. The van der Waals surface area contributed by atoms with Crippen LogP contribution in [0.5, 0.6) is 11.5 Å². The van der Waals surface area contributed by atoms with Crippen LogP contribution in [0.2, 0.25) is 0 Å². The van der Waals surface area contributed by atoms with E-state index < -0.39 is 0 Å². The Bertz CT molecular complexity index is 2830. The van der Waals surface area contributed by atoms with Gasteiger partial charge in [-0.3, -0.25) is 13.7 Å². The first-order chi connectivity index (χ1) is 27.7. The van der Waals surface area contributed by atoms with E-state index in [0.717, 1.165) is 50.8 Å². The lowest BCUT2D eigenvalue weighted by Crippen LogP contribution is -2.29. The number of fused-ring (bicyclic) bond motifs is 3. The summed E-state index contributed by atoms with van der Waals surface area (Å²) in [6.45, 7) is 27.1. The molecule has 0 aliphatic carbocycles. The molecule has 3 aromatic heterocycles. The fourth-order valence-corrected chi connectivity index (χ4v) is 7.82. The highest BCUT2D eigenvalue weighted by molar-refractivity contribution is 6.10. The summed E-state index contributed by atoms with van der Waals surface area (Å²) in [6.07, 6.45) is 7.89. The van der Waals surface area contributed by atoms with Crippen molar-refractivity contribution in [1.82, 2.24) is 14.1 Å². The molecule has 0 spiro atoms. The first-order valence-electron chi connectivity index (χ1n) is 20.9. The van der Waals surface area contributed by atoms with Gasteiger partial charge in [0.25, 0.3) is 6.33 Å². The molecule has 0 radical (unpaired) electrons. The average molecular weight is 779 g/mol. The monoisotopic (exact) mass is 778 g/mol. The van der Waals surface area contributed by atoms with E-state index in [9.17, 15) is 0 Å². The van der Waals surface area contributed by atoms with Crippen molar-refractivity contribution in [3.63, 3.8) is 0 Å². The summed E-state index contributed by atoms with van der Waals surface area (Å²) >= 11 is 0. The van der Waals surface area contributed by atoms with E-state index in [1.165, 1.54) is 33.2 Å². The average Bonchev–Trinajstić information content (AvgIpc) is 3.78. The zero-order valence-corrected chi connectivity index (χ0v) is 36.9. The minimum atomic E-state index is -0.153. The van der Waals surface area contributed by atoms with E-state index in [-0.39, 0.29) is 21.7 Å². The van der Waals surface area contributed by atoms with Crippen molar-refractivity contribution < 1.29 is 9.30 Å². The number of aromatic nitrogens is 4. The van der Waals surface area contributed by atoms with Gasteiger partial charge in [0.1, 0.15) is 17.3 Å². The van der Waals surface area contributed by atoms with Crippen molar-refractivity contribution in [2.75, 3.05) is 0 Å². The van der Waals surface area contributed by atoms with Gasteiger partial charge < -0.3 is 4.74 Å². The molecule has 5 aromatic carbocycles. The van der Waals surface area contributed by atoms with Crippen LogP contribution in [0.15, 0.2) is 134 Å². The van der Waals surface area contributed by atoms with Gasteiger partial charge in [0.15, 0.2) is 0 Å². The summed E-state index contributed by atoms with van der Waals surface area (Å²) in [5.74, 6) is 2.42. The molecule has 0 aliphatic rings. The number of hydrogen-bond acceptors (Lipinski definition) is 2. The van der Waals surface area contributed by atoms with E-state index in [4.69, 9.17) is 9.72 Å². The SMILES string of the molecule is CC(C)(C)c1cc(Oc2ccc3c4cc(-c5ccccc5)ccc4n(-c4cc(C(C)(C)C)ccn4)c3c2)cc(-n2[c-][n+](-c3cccc(C(C)(C)C)c3)cc2C(C)(C)C)c1. The number of benzene rings is 5. The lowest BCUT2D eigenvalue weighted by Gasteiger charge is -2.24. The van der Waals surface area contributed by atoms with Gasteiger partial charge in [-0.1, -0.05) is 132 Å². The summed E-state index contributed by atoms with van der Waals surface area (Å²) in [6, 6.07) is 43.6. The Morgan fingerprint density at radius 1 is 0.525 bits per heavy atom. The van der Waals surface area contributed by atoms with Gasteiger partial charge in [-0.25, -0.2) is 4.98 Å². The van der Waals surface area contributed by atoms with Crippen LogP contribution in [0.25, 0.3) is 50.1 Å². The minimum absolute atomic E-state index is 0.0271. The predicted molar refractivity (Wildman–Crippen MR) is 245 cm³/mol. The fourth-order valence-electron chi connectivity index (χ4n) is 7.82. The zero-order chi connectivity index (χ0) is 42.1. The molecule has 0 saturated heterocycles. The molecule has 0 amide bonds. The van der Waals surface area contributed by atoms with Crippen molar-refractivity contribution in [3.8, 4) is 39.8 Å². The van der Waals surface area contributed by atoms with Gasteiger partial charge in [0.2, 0.25) is 0 Å². The molecular weight excluding hydrogens is 721 g/mol. The maximum absolute atomic E-state index is 6.94. The molecular formula is C54H58N4O. The van der Waals surface area contributed by atoms with Crippen molar-refractivity contribution >= 4 is 21.8 Å². The maximum Gasteiger partial charge on any atom is 0.269 e. The highest BCUT2D eigenvalue weighted by atomic mass is 16.5. The van der Waals surface area contributed by atoms with Crippen molar-refractivity contribution in [2.24, 2.45) is 0 Å². The zero-order valence-electron chi connectivity index (χ0n) is 36.9. The second-order valence-corrected chi connectivity index (χ2v) is 20.2. The lowest BCUT2D eigenvalue weighted by molar-refractivity contribution is -0.599. The lowest BCUT2D eigenvalue weighted by atomic mass is 9.86. The molecule has 8 rings (SSSR count). The smallest absolute Gasteiger partial charge is 0.269 e. The van der Waals surface area contributed by atoms with Crippen LogP contribution >= 0.6 is 0 Å². The van der Waals surface area contributed by atoms with Gasteiger partial charge in [-0.05, 0) is 116 Å². The third-order valence-corrected chi connectivity index (χ3v) is 11.4. The van der Waals surface area contributed by atoms with Crippen LogP contribution in [-0.4, -0.2) is 14.1 Å². The predicted octanol–water partition coefficient (Wildman–Crippen LogP) is 13.7. The number of rotatable bonds is 6. The Balaban J connectivity index is 1.28. The Labute approximate surface area is 351 Å². The van der Waals surface area contributed by atoms with Crippen LogP contribution in [-0.2, 0) is 21.7 Å². The molecule has 0 aliphatic heterocycles. The van der Waals surface area contributed by atoms with E-state index in [1.54, 1.807) is 0 Å². The topological polar surface area (TPSA) is 35.9 Å². The summed E-state index contributed by atoms with van der Waals surface area (Å²) in [5, 5.41) is 2.32. The standard InChI is InChI=1S/C54H58N4O/c1-51(2,3)38-19-16-20-41(28-38)56-34-49(54(10,11)12)57(35-56)42-29-40(53(7,8)9)30-44(32-42)59-43-22-23-45-46-27-37(36-17-14-13-15-18-36)21-24-47(46)58(48(45)33-43)50-31-39(25-26-55-50)52(4,5)6/h13-34H,1-12H3. The summed E-state index contributed by atoms with van der Waals surface area (Å²) in [4.78, 5) is 4.96. The number of pyridine rings is 1. The Morgan fingerprint density at radius 2 is 1.24 bits per heavy atom. The molecule has 3 heterocycles. The van der Waals surface area contributed by atoms with Crippen molar-refractivity contribution in [3.05, 3.63) is 162 Å². The van der Waals surface area contributed by atoms with Gasteiger partial charge in [0.05, 0.1) is 28.1 Å². The number of hydrogen-bond donors (Lipinski definition) is 0. The number of nitrogens with zero attached hydrogens (tertiary/aromatic N) is 4. The van der Waals surface area contributed by atoms with Crippen LogP contribution in [0.4, 0.5) is 0 Å².